The number of ether oxygens (including phenoxy) is 3. The zero-order chi connectivity index (χ0) is 15.5. The molecule has 3 rings (SSSR count). The summed E-state index contributed by atoms with van der Waals surface area (Å²) in [5, 5.41) is 0. The second-order valence-corrected chi connectivity index (χ2v) is 5.85. The lowest BCUT2D eigenvalue weighted by atomic mass is 10.1. The van der Waals surface area contributed by atoms with Gasteiger partial charge in [-0.1, -0.05) is 6.07 Å². The number of morpholine rings is 1. The molecule has 1 saturated heterocycles. The quantitative estimate of drug-likeness (QED) is 0.854. The van der Waals surface area contributed by atoms with Crippen molar-refractivity contribution in [3.63, 3.8) is 0 Å². The summed E-state index contributed by atoms with van der Waals surface area (Å²) in [7, 11) is 3.23. The molecule has 1 aliphatic carbocycles. The number of rotatable bonds is 4. The molecule has 2 unspecified atom stereocenters. The molecule has 0 aromatic heterocycles. The highest BCUT2D eigenvalue weighted by Gasteiger charge is 2.38. The molecule has 1 aromatic rings. The Morgan fingerprint density at radius 1 is 1.32 bits per heavy atom. The van der Waals surface area contributed by atoms with Crippen LogP contribution in [-0.2, 0) is 16.0 Å². The van der Waals surface area contributed by atoms with Gasteiger partial charge in [-0.05, 0) is 25.3 Å². The van der Waals surface area contributed by atoms with E-state index >= 15 is 0 Å². The van der Waals surface area contributed by atoms with Crippen LogP contribution in [0.5, 0.6) is 11.5 Å². The van der Waals surface area contributed by atoms with Crippen LogP contribution in [0.15, 0.2) is 18.2 Å². The van der Waals surface area contributed by atoms with Gasteiger partial charge >= 0.3 is 0 Å². The fourth-order valence-electron chi connectivity index (χ4n) is 3.50. The van der Waals surface area contributed by atoms with Gasteiger partial charge in [0.25, 0.3) is 0 Å². The first-order valence-corrected chi connectivity index (χ1v) is 7.85. The van der Waals surface area contributed by atoms with Gasteiger partial charge in [0.1, 0.15) is 11.5 Å². The lowest BCUT2D eigenvalue weighted by Gasteiger charge is -2.37. The number of hydrogen-bond acceptors (Lipinski definition) is 4. The second-order valence-electron chi connectivity index (χ2n) is 5.85. The Bertz CT molecular complexity index is 545. The normalized spacial score (nSPS) is 24.0. The molecular weight excluding hydrogens is 282 g/mol. The Balaban J connectivity index is 1.73. The van der Waals surface area contributed by atoms with Crippen molar-refractivity contribution in [2.24, 2.45) is 0 Å². The van der Waals surface area contributed by atoms with Crippen molar-refractivity contribution in [1.29, 1.82) is 0 Å². The summed E-state index contributed by atoms with van der Waals surface area (Å²) in [4.78, 5) is 14.7. The van der Waals surface area contributed by atoms with Crippen molar-refractivity contribution in [2.45, 2.75) is 37.8 Å². The molecule has 0 N–H and O–H groups in total. The van der Waals surface area contributed by atoms with E-state index in [9.17, 15) is 4.79 Å². The molecule has 5 heteroatoms. The van der Waals surface area contributed by atoms with Crippen LogP contribution in [0.2, 0.25) is 0 Å². The van der Waals surface area contributed by atoms with E-state index in [1.165, 1.54) is 0 Å². The van der Waals surface area contributed by atoms with Crippen LogP contribution in [-0.4, -0.2) is 50.3 Å². The molecule has 5 nitrogen and oxygen atoms in total. The summed E-state index contributed by atoms with van der Waals surface area (Å²) in [6.07, 6.45) is 3.85. The first-order chi connectivity index (χ1) is 10.7. The van der Waals surface area contributed by atoms with E-state index in [0.29, 0.717) is 25.3 Å². The number of hydrogen-bond donors (Lipinski definition) is 0. The minimum absolute atomic E-state index is 0.156. The maximum atomic E-state index is 12.7. The SMILES string of the molecule is COc1ccc(CC(=O)N2CCOC3CCCC32)c(OC)c1. The summed E-state index contributed by atoms with van der Waals surface area (Å²) in [6.45, 7) is 1.34. The predicted molar refractivity (Wildman–Crippen MR) is 82.3 cm³/mol. The molecule has 1 aromatic carbocycles. The number of nitrogens with zero attached hydrogens (tertiary/aromatic N) is 1. The number of benzene rings is 1. The van der Waals surface area contributed by atoms with Gasteiger partial charge in [0, 0.05) is 18.2 Å². The van der Waals surface area contributed by atoms with Gasteiger partial charge in [-0.25, -0.2) is 0 Å². The van der Waals surface area contributed by atoms with E-state index in [1.807, 2.05) is 23.1 Å². The van der Waals surface area contributed by atoms with E-state index in [2.05, 4.69) is 0 Å². The average Bonchev–Trinajstić information content (AvgIpc) is 3.03. The Kier molecular flexibility index (Phi) is 4.52. The van der Waals surface area contributed by atoms with Crippen LogP contribution in [0.25, 0.3) is 0 Å². The molecule has 1 saturated carbocycles. The number of methoxy groups -OCH3 is 2. The van der Waals surface area contributed by atoms with E-state index in [0.717, 1.165) is 30.6 Å². The highest BCUT2D eigenvalue weighted by molar-refractivity contribution is 5.80. The molecule has 1 aliphatic heterocycles. The molecule has 120 valence electrons. The van der Waals surface area contributed by atoms with Crippen molar-refractivity contribution >= 4 is 5.91 Å². The van der Waals surface area contributed by atoms with Gasteiger partial charge < -0.3 is 19.1 Å². The maximum absolute atomic E-state index is 12.7. The van der Waals surface area contributed by atoms with Crippen molar-refractivity contribution < 1.29 is 19.0 Å². The van der Waals surface area contributed by atoms with Crippen molar-refractivity contribution in [3.05, 3.63) is 23.8 Å². The molecular formula is C17H23NO4. The van der Waals surface area contributed by atoms with Gasteiger partial charge in [-0.2, -0.15) is 0 Å². The monoisotopic (exact) mass is 305 g/mol. The zero-order valence-corrected chi connectivity index (χ0v) is 13.2. The topological polar surface area (TPSA) is 48.0 Å². The fourth-order valence-corrected chi connectivity index (χ4v) is 3.50. The lowest BCUT2D eigenvalue weighted by Crippen LogP contribution is -2.51. The number of amides is 1. The molecule has 0 spiro atoms. The smallest absolute Gasteiger partial charge is 0.227 e. The summed E-state index contributed by atoms with van der Waals surface area (Å²) in [6, 6.07) is 5.84. The Hall–Kier alpha value is -1.75. The lowest BCUT2D eigenvalue weighted by molar-refractivity contribution is -0.143. The van der Waals surface area contributed by atoms with Crippen LogP contribution in [0.1, 0.15) is 24.8 Å². The third kappa shape index (κ3) is 2.90. The standard InChI is InChI=1S/C17H23NO4/c1-20-13-7-6-12(16(11-13)21-2)10-17(19)18-8-9-22-15-5-3-4-14(15)18/h6-7,11,14-15H,3-5,8-10H2,1-2H3. The summed E-state index contributed by atoms with van der Waals surface area (Å²) in [5.74, 6) is 1.59. The minimum Gasteiger partial charge on any atom is -0.497 e. The van der Waals surface area contributed by atoms with Crippen LogP contribution >= 0.6 is 0 Å². The highest BCUT2D eigenvalue weighted by Crippen LogP contribution is 2.31. The number of fused-ring (bicyclic) bond motifs is 1. The molecule has 22 heavy (non-hydrogen) atoms. The van der Waals surface area contributed by atoms with Crippen LogP contribution in [0.3, 0.4) is 0 Å². The zero-order valence-electron chi connectivity index (χ0n) is 13.2. The first-order valence-electron chi connectivity index (χ1n) is 7.85. The molecule has 2 atom stereocenters. The average molecular weight is 305 g/mol. The van der Waals surface area contributed by atoms with Crippen molar-refractivity contribution in [2.75, 3.05) is 27.4 Å². The first kappa shape index (κ1) is 15.2. The van der Waals surface area contributed by atoms with Crippen LogP contribution in [0.4, 0.5) is 0 Å². The van der Waals surface area contributed by atoms with Crippen LogP contribution < -0.4 is 9.47 Å². The molecule has 0 radical (unpaired) electrons. The van der Waals surface area contributed by atoms with Gasteiger partial charge in [0.15, 0.2) is 0 Å². The number of carbonyl (C=O) groups is 1. The van der Waals surface area contributed by atoms with E-state index in [4.69, 9.17) is 14.2 Å². The van der Waals surface area contributed by atoms with E-state index in [-0.39, 0.29) is 18.1 Å². The predicted octanol–water partition coefficient (Wildman–Crippen LogP) is 2.03. The Morgan fingerprint density at radius 3 is 2.95 bits per heavy atom. The molecule has 2 fully saturated rings. The van der Waals surface area contributed by atoms with Crippen molar-refractivity contribution in [1.82, 2.24) is 4.90 Å². The van der Waals surface area contributed by atoms with Gasteiger partial charge in [0.2, 0.25) is 5.91 Å². The second kappa shape index (κ2) is 6.57. The number of carbonyl (C=O) groups excluding carboxylic acids is 1. The third-order valence-electron chi connectivity index (χ3n) is 4.64. The molecule has 1 heterocycles. The van der Waals surface area contributed by atoms with E-state index in [1.54, 1.807) is 14.2 Å². The minimum atomic E-state index is 0.156. The van der Waals surface area contributed by atoms with Gasteiger partial charge in [-0.3, -0.25) is 4.79 Å². The summed E-state index contributed by atoms with van der Waals surface area (Å²) in [5.41, 5.74) is 0.898. The fraction of sp³-hybridized carbons (Fsp3) is 0.588. The molecule has 0 bridgehead atoms. The van der Waals surface area contributed by atoms with E-state index < -0.39 is 0 Å². The van der Waals surface area contributed by atoms with Gasteiger partial charge in [0.05, 0.1) is 39.4 Å². The Morgan fingerprint density at radius 2 is 2.18 bits per heavy atom. The largest absolute Gasteiger partial charge is 0.497 e. The third-order valence-corrected chi connectivity index (χ3v) is 4.64. The Labute approximate surface area is 131 Å². The van der Waals surface area contributed by atoms with Crippen molar-refractivity contribution in [3.8, 4) is 11.5 Å². The highest BCUT2D eigenvalue weighted by atomic mass is 16.5. The van der Waals surface area contributed by atoms with Crippen LogP contribution in [0, 0.1) is 0 Å². The van der Waals surface area contributed by atoms with Gasteiger partial charge in [-0.15, -0.1) is 0 Å². The molecule has 2 aliphatic rings. The molecule has 1 amide bonds. The maximum Gasteiger partial charge on any atom is 0.227 e. The summed E-state index contributed by atoms with van der Waals surface area (Å²) < 4.78 is 16.4. The summed E-state index contributed by atoms with van der Waals surface area (Å²) >= 11 is 0.